The number of nitrogens with one attached hydrogen (secondary N) is 2. The van der Waals surface area contributed by atoms with Crippen LogP contribution in [0.3, 0.4) is 0 Å². The monoisotopic (exact) mass is 334 g/mol. The van der Waals surface area contributed by atoms with E-state index in [0.717, 1.165) is 31.4 Å². The molecule has 0 spiro atoms. The molecule has 1 aromatic carbocycles. The van der Waals surface area contributed by atoms with Crippen molar-refractivity contribution in [2.75, 3.05) is 11.9 Å². The van der Waals surface area contributed by atoms with Crippen LogP contribution >= 0.6 is 0 Å². The number of carbonyl (C=O) groups is 2. The lowest BCUT2D eigenvalue weighted by atomic mass is 9.98. The smallest absolute Gasteiger partial charge is 0.407 e. The first-order valence-electron chi connectivity index (χ1n) is 8.64. The van der Waals surface area contributed by atoms with Crippen molar-refractivity contribution in [3.63, 3.8) is 0 Å². The maximum Gasteiger partial charge on any atom is 0.407 e. The summed E-state index contributed by atoms with van der Waals surface area (Å²) in [5.74, 6) is 0.0514. The Balaban J connectivity index is 2.24. The van der Waals surface area contributed by atoms with Crippen LogP contribution in [0.25, 0.3) is 0 Å². The van der Waals surface area contributed by atoms with Gasteiger partial charge in [0.1, 0.15) is 5.60 Å². The van der Waals surface area contributed by atoms with Crippen molar-refractivity contribution in [2.24, 2.45) is 5.92 Å². The minimum absolute atomic E-state index is 0.00765. The van der Waals surface area contributed by atoms with Gasteiger partial charge in [0.25, 0.3) is 0 Å². The van der Waals surface area contributed by atoms with Crippen LogP contribution in [-0.2, 0) is 9.53 Å². The summed E-state index contributed by atoms with van der Waals surface area (Å²) in [6.07, 6.45) is 2.94. The van der Waals surface area contributed by atoms with Crippen molar-refractivity contribution in [3.8, 4) is 0 Å². The second-order valence-electron chi connectivity index (χ2n) is 6.88. The quantitative estimate of drug-likeness (QED) is 0.695. The zero-order valence-electron chi connectivity index (χ0n) is 15.2. The summed E-state index contributed by atoms with van der Waals surface area (Å²) in [5.41, 5.74) is 0.347. The molecule has 0 saturated carbocycles. The van der Waals surface area contributed by atoms with Gasteiger partial charge in [0, 0.05) is 18.2 Å². The summed E-state index contributed by atoms with van der Waals surface area (Å²) in [5, 5.41) is 5.69. The summed E-state index contributed by atoms with van der Waals surface area (Å²) in [6, 6.07) is 9.49. The molecule has 0 saturated heterocycles. The molecular weight excluding hydrogens is 304 g/mol. The van der Waals surface area contributed by atoms with E-state index in [1.54, 1.807) is 0 Å². The molecule has 1 atom stereocenters. The number of anilines is 1. The summed E-state index contributed by atoms with van der Waals surface area (Å²) in [4.78, 5) is 23.8. The number of alkyl carbamates (subject to hydrolysis) is 1. The molecule has 2 N–H and O–H groups in total. The molecule has 2 amide bonds. The van der Waals surface area contributed by atoms with Crippen molar-refractivity contribution in [3.05, 3.63) is 30.3 Å². The molecule has 24 heavy (non-hydrogen) atoms. The maximum absolute atomic E-state index is 12.3. The first kappa shape index (κ1) is 20.0. The van der Waals surface area contributed by atoms with Crippen molar-refractivity contribution >= 4 is 17.7 Å². The van der Waals surface area contributed by atoms with E-state index < -0.39 is 11.7 Å². The number of hydrogen-bond acceptors (Lipinski definition) is 3. The van der Waals surface area contributed by atoms with Gasteiger partial charge in [-0.05, 0) is 52.2 Å². The second kappa shape index (κ2) is 9.96. The molecule has 134 valence electrons. The van der Waals surface area contributed by atoms with Gasteiger partial charge in [-0.25, -0.2) is 4.79 Å². The first-order valence-corrected chi connectivity index (χ1v) is 8.64. The van der Waals surface area contributed by atoms with Gasteiger partial charge >= 0.3 is 6.09 Å². The van der Waals surface area contributed by atoms with E-state index in [1.807, 2.05) is 58.0 Å². The third kappa shape index (κ3) is 8.56. The number of unbranched alkanes of at least 4 members (excludes halogenated alkanes) is 1. The second-order valence-corrected chi connectivity index (χ2v) is 6.88. The minimum atomic E-state index is -0.479. The van der Waals surface area contributed by atoms with Crippen molar-refractivity contribution in [1.82, 2.24) is 5.32 Å². The number of amides is 2. The van der Waals surface area contributed by atoms with Crippen LogP contribution in [0.4, 0.5) is 10.5 Å². The molecule has 1 rings (SSSR count). The Labute approximate surface area is 145 Å². The van der Waals surface area contributed by atoms with E-state index in [9.17, 15) is 9.59 Å². The van der Waals surface area contributed by atoms with Gasteiger partial charge < -0.3 is 15.4 Å². The zero-order valence-corrected chi connectivity index (χ0v) is 15.2. The molecule has 0 radical (unpaired) electrons. The van der Waals surface area contributed by atoms with Gasteiger partial charge in [0.05, 0.1) is 0 Å². The fourth-order valence-corrected chi connectivity index (χ4v) is 2.31. The highest BCUT2D eigenvalue weighted by Gasteiger charge is 2.17. The fraction of sp³-hybridized carbons (Fsp3) is 0.579. The van der Waals surface area contributed by atoms with Gasteiger partial charge in [-0.1, -0.05) is 31.5 Å². The number of rotatable bonds is 8. The zero-order chi connectivity index (χ0) is 18.0. The van der Waals surface area contributed by atoms with Gasteiger partial charge in [-0.15, -0.1) is 0 Å². The van der Waals surface area contributed by atoms with E-state index in [4.69, 9.17) is 4.74 Å². The Hall–Kier alpha value is -2.04. The van der Waals surface area contributed by atoms with E-state index >= 15 is 0 Å². The Morgan fingerprint density at radius 3 is 2.38 bits per heavy atom. The van der Waals surface area contributed by atoms with Gasteiger partial charge in [-0.3, -0.25) is 4.79 Å². The number of carbonyl (C=O) groups excluding carboxylic acids is 2. The van der Waals surface area contributed by atoms with Crippen LogP contribution in [0.2, 0.25) is 0 Å². The highest BCUT2D eigenvalue weighted by molar-refractivity contribution is 5.92. The predicted octanol–water partition coefficient (Wildman–Crippen LogP) is 4.35. The largest absolute Gasteiger partial charge is 0.444 e. The molecule has 0 aromatic heterocycles. The van der Waals surface area contributed by atoms with Gasteiger partial charge in [0.15, 0.2) is 0 Å². The lowest BCUT2D eigenvalue weighted by molar-refractivity contribution is -0.120. The van der Waals surface area contributed by atoms with Crippen LogP contribution in [-0.4, -0.2) is 24.1 Å². The third-order valence-corrected chi connectivity index (χ3v) is 3.55. The average Bonchev–Trinajstić information content (AvgIpc) is 2.50. The normalized spacial score (nSPS) is 12.3. The van der Waals surface area contributed by atoms with Crippen LogP contribution in [0.5, 0.6) is 0 Å². The molecule has 0 fully saturated rings. The molecule has 0 aliphatic rings. The summed E-state index contributed by atoms with van der Waals surface area (Å²) in [6.45, 7) is 8.09. The Bertz CT molecular complexity index is 509. The molecule has 5 nitrogen and oxygen atoms in total. The van der Waals surface area contributed by atoms with E-state index in [-0.39, 0.29) is 11.8 Å². The fourth-order valence-electron chi connectivity index (χ4n) is 2.31. The van der Waals surface area contributed by atoms with Crippen LogP contribution < -0.4 is 10.6 Å². The average molecular weight is 334 g/mol. The number of hydrogen-bond donors (Lipinski definition) is 2. The Kier molecular flexibility index (Phi) is 8.30. The number of para-hydroxylation sites is 1. The third-order valence-electron chi connectivity index (χ3n) is 3.55. The molecule has 0 aliphatic heterocycles. The highest BCUT2D eigenvalue weighted by atomic mass is 16.6. The highest BCUT2D eigenvalue weighted by Crippen LogP contribution is 2.16. The van der Waals surface area contributed by atoms with Gasteiger partial charge in [-0.2, -0.15) is 0 Å². The van der Waals surface area contributed by atoms with Crippen LogP contribution in [0.1, 0.15) is 53.4 Å². The molecule has 1 aromatic rings. The molecular formula is C19H30N2O3. The van der Waals surface area contributed by atoms with Crippen molar-refractivity contribution < 1.29 is 14.3 Å². The van der Waals surface area contributed by atoms with Gasteiger partial charge in [0.2, 0.25) is 5.91 Å². The van der Waals surface area contributed by atoms with E-state index in [2.05, 4.69) is 10.6 Å². The lowest BCUT2D eigenvalue weighted by Gasteiger charge is -2.19. The minimum Gasteiger partial charge on any atom is -0.444 e. The number of ether oxygens (including phenoxy) is 1. The maximum atomic E-state index is 12.3. The Morgan fingerprint density at radius 2 is 1.79 bits per heavy atom. The van der Waals surface area contributed by atoms with Crippen LogP contribution in [0, 0.1) is 5.92 Å². The molecule has 1 unspecified atom stereocenters. The summed E-state index contributed by atoms with van der Waals surface area (Å²) < 4.78 is 5.18. The van der Waals surface area contributed by atoms with E-state index in [0.29, 0.717) is 6.54 Å². The Morgan fingerprint density at radius 1 is 1.12 bits per heavy atom. The summed E-state index contributed by atoms with van der Waals surface area (Å²) in [7, 11) is 0. The summed E-state index contributed by atoms with van der Waals surface area (Å²) >= 11 is 0. The van der Waals surface area contributed by atoms with Crippen molar-refractivity contribution in [2.45, 2.75) is 59.0 Å². The SMILES string of the molecule is CCC(CCCCNC(=O)OC(C)(C)C)C(=O)Nc1ccccc1. The number of benzene rings is 1. The molecule has 0 heterocycles. The van der Waals surface area contributed by atoms with Crippen molar-refractivity contribution in [1.29, 1.82) is 0 Å². The van der Waals surface area contributed by atoms with Crippen LogP contribution in [0.15, 0.2) is 30.3 Å². The molecule has 0 bridgehead atoms. The lowest BCUT2D eigenvalue weighted by Crippen LogP contribution is -2.33. The molecule has 5 heteroatoms. The topological polar surface area (TPSA) is 67.4 Å². The first-order chi connectivity index (χ1) is 11.3. The predicted molar refractivity (Wildman–Crippen MR) is 96.9 cm³/mol. The van der Waals surface area contributed by atoms with E-state index in [1.165, 1.54) is 0 Å². The molecule has 0 aliphatic carbocycles. The standard InChI is InChI=1S/C19H30N2O3/c1-5-15(17(22)21-16-12-7-6-8-13-16)11-9-10-14-20-18(23)24-19(2,3)4/h6-8,12-13,15H,5,9-11,14H2,1-4H3,(H,20,23)(H,21,22).